The molecule has 0 aromatic carbocycles. The van der Waals surface area contributed by atoms with Crippen LogP contribution in [0.15, 0.2) is 4.99 Å². The summed E-state index contributed by atoms with van der Waals surface area (Å²) in [6.07, 6.45) is 0.546. The zero-order chi connectivity index (χ0) is 16.4. The van der Waals surface area contributed by atoms with Crippen LogP contribution in [0.5, 0.6) is 0 Å². The largest absolute Gasteiger partial charge is 0.480 e. The van der Waals surface area contributed by atoms with Gasteiger partial charge < -0.3 is 33.4 Å². The van der Waals surface area contributed by atoms with Crippen molar-refractivity contribution >= 4 is 36.2 Å². The summed E-state index contributed by atoms with van der Waals surface area (Å²) < 4.78 is 0. The van der Waals surface area contributed by atoms with E-state index in [-0.39, 0.29) is 31.2 Å². The van der Waals surface area contributed by atoms with Gasteiger partial charge in [-0.05, 0) is 19.3 Å². The minimum atomic E-state index is -1.25. The van der Waals surface area contributed by atoms with Gasteiger partial charge in [0.25, 0.3) is 0 Å². The molecule has 2 amide bonds. The highest BCUT2D eigenvalue weighted by Gasteiger charge is 2.23. The fraction of sp³-hybridized carbons (Fsp3) is 0.636. The molecule has 22 heavy (non-hydrogen) atoms. The number of carbonyl (C=O) groups excluding carboxylic acids is 2. The molecule has 0 saturated carbocycles. The van der Waals surface area contributed by atoms with Crippen LogP contribution in [0.25, 0.3) is 0 Å². The van der Waals surface area contributed by atoms with Crippen molar-refractivity contribution in [1.82, 2.24) is 5.32 Å². The van der Waals surface area contributed by atoms with Crippen molar-refractivity contribution in [3.8, 4) is 0 Å². The van der Waals surface area contributed by atoms with E-state index in [2.05, 4.69) is 10.3 Å². The fourth-order valence-electron chi connectivity index (χ4n) is 1.47. The maximum absolute atomic E-state index is 11.7. The molecule has 0 aliphatic rings. The van der Waals surface area contributed by atoms with Crippen LogP contribution in [0.1, 0.15) is 25.7 Å². The molecule has 0 saturated heterocycles. The molecule has 10 N–H and O–H groups in total. The number of amides is 2. The lowest BCUT2D eigenvalue weighted by Gasteiger charge is -2.17. The number of nitrogens with zero attached hydrogens (tertiary/aromatic N) is 1. The van der Waals surface area contributed by atoms with Crippen molar-refractivity contribution in [1.29, 1.82) is 0 Å². The predicted octanol–water partition coefficient (Wildman–Crippen LogP) is -2.38. The summed E-state index contributed by atoms with van der Waals surface area (Å²) in [7, 11) is 0. The Morgan fingerprint density at radius 1 is 1.14 bits per heavy atom. The predicted molar refractivity (Wildman–Crippen MR) is 83.1 cm³/mol. The number of hydrogen-bond donors (Lipinski definition) is 6. The van der Waals surface area contributed by atoms with Gasteiger partial charge in [-0.1, -0.05) is 0 Å². The van der Waals surface area contributed by atoms with Crippen LogP contribution in [0.2, 0.25) is 0 Å². The number of carboxylic acid groups (broad SMARTS) is 1. The molecular weight excluding hydrogens is 316 g/mol. The highest BCUT2D eigenvalue weighted by Crippen LogP contribution is 2.00. The first-order chi connectivity index (χ1) is 9.73. The molecule has 0 spiro atoms. The molecule has 11 heteroatoms. The lowest BCUT2D eigenvalue weighted by atomic mass is 10.1. The second-order valence-corrected chi connectivity index (χ2v) is 4.46. The normalized spacial score (nSPS) is 12.4. The second kappa shape index (κ2) is 11.6. The van der Waals surface area contributed by atoms with Crippen molar-refractivity contribution in [2.75, 3.05) is 6.54 Å². The summed E-state index contributed by atoms with van der Waals surface area (Å²) in [5, 5.41) is 11.2. The Balaban J connectivity index is 0. The highest BCUT2D eigenvalue weighted by atomic mass is 35.5. The Kier molecular flexibility index (Phi) is 11.7. The Morgan fingerprint density at radius 2 is 1.73 bits per heavy atom. The molecule has 0 bridgehead atoms. The summed E-state index contributed by atoms with van der Waals surface area (Å²) in [6.45, 7) is 0.327. The number of aliphatic imine (C=N–C) groups is 1. The lowest BCUT2D eigenvalue weighted by molar-refractivity contribution is -0.142. The minimum Gasteiger partial charge on any atom is -0.480 e. The van der Waals surface area contributed by atoms with E-state index >= 15 is 0 Å². The minimum absolute atomic E-state index is 0. The van der Waals surface area contributed by atoms with Gasteiger partial charge in [-0.3, -0.25) is 14.6 Å². The molecule has 128 valence electrons. The molecule has 0 unspecified atom stereocenters. The topological polar surface area (TPSA) is 200 Å². The van der Waals surface area contributed by atoms with Gasteiger partial charge in [-0.25, -0.2) is 4.79 Å². The Labute approximate surface area is 134 Å². The van der Waals surface area contributed by atoms with Gasteiger partial charge in [0.2, 0.25) is 11.8 Å². The molecule has 2 atom stereocenters. The number of halogens is 1. The van der Waals surface area contributed by atoms with Crippen LogP contribution in [0, 0.1) is 0 Å². The van der Waals surface area contributed by atoms with Crippen molar-refractivity contribution < 1.29 is 19.5 Å². The number of hydrogen-bond acceptors (Lipinski definition) is 5. The van der Waals surface area contributed by atoms with Crippen LogP contribution in [0.4, 0.5) is 0 Å². The summed E-state index contributed by atoms with van der Waals surface area (Å²) in [4.78, 5) is 37.0. The first-order valence-electron chi connectivity index (χ1n) is 6.36. The van der Waals surface area contributed by atoms with Crippen molar-refractivity contribution in [2.24, 2.45) is 27.9 Å². The molecule has 0 fully saturated rings. The highest BCUT2D eigenvalue weighted by molar-refractivity contribution is 5.87. The number of aliphatic carboxylic acids is 1. The van der Waals surface area contributed by atoms with Crippen LogP contribution >= 0.6 is 12.4 Å². The third-order valence-corrected chi connectivity index (χ3v) is 2.60. The quantitative estimate of drug-likeness (QED) is 0.145. The number of nitrogens with two attached hydrogens (primary N) is 4. The fourth-order valence-corrected chi connectivity index (χ4v) is 1.47. The maximum Gasteiger partial charge on any atom is 0.326 e. The van der Waals surface area contributed by atoms with Gasteiger partial charge in [0.15, 0.2) is 5.96 Å². The van der Waals surface area contributed by atoms with E-state index in [9.17, 15) is 14.4 Å². The van der Waals surface area contributed by atoms with E-state index < -0.39 is 29.9 Å². The Bertz CT molecular complexity index is 413. The molecule has 0 rings (SSSR count). The number of rotatable bonds is 10. The molecule has 0 aliphatic carbocycles. The van der Waals surface area contributed by atoms with E-state index in [1.54, 1.807) is 0 Å². The van der Waals surface area contributed by atoms with E-state index in [4.69, 9.17) is 28.0 Å². The number of guanidine groups is 1. The molecule has 0 heterocycles. The monoisotopic (exact) mass is 338 g/mol. The number of carboxylic acids is 1. The molecule has 0 radical (unpaired) electrons. The Hall–Kier alpha value is -2.07. The number of primary amides is 1. The third kappa shape index (κ3) is 10.7. The zero-order valence-corrected chi connectivity index (χ0v) is 12.8. The van der Waals surface area contributed by atoms with E-state index in [1.807, 2.05) is 0 Å². The van der Waals surface area contributed by atoms with E-state index in [0.717, 1.165) is 0 Å². The van der Waals surface area contributed by atoms with Crippen LogP contribution < -0.4 is 28.3 Å². The molecule has 0 aliphatic heterocycles. The first-order valence-corrected chi connectivity index (χ1v) is 6.36. The first kappa shape index (κ1) is 22.2. The van der Waals surface area contributed by atoms with Crippen molar-refractivity contribution in [2.45, 2.75) is 37.8 Å². The van der Waals surface area contributed by atoms with Gasteiger partial charge in [-0.2, -0.15) is 0 Å². The standard InChI is InChI=1S/C11H22N6O4.ClH/c12-6(2-1-5-16-11(14)15)9(19)17-7(10(20)21)3-4-8(13)18;/h6-7H,1-5,12H2,(H2,13,18)(H,17,19)(H,20,21)(H4,14,15,16);1H/t6-,7-;/m0./s1. The average Bonchev–Trinajstić information content (AvgIpc) is 2.38. The summed E-state index contributed by atoms with van der Waals surface area (Å²) in [5.41, 5.74) is 20.8. The second-order valence-electron chi connectivity index (χ2n) is 4.46. The zero-order valence-electron chi connectivity index (χ0n) is 12.0. The molecule has 0 aromatic rings. The van der Waals surface area contributed by atoms with Gasteiger partial charge in [0, 0.05) is 13.0 Å². The smallest absolute Gasteiger partial charge is 0.326 e. The number of carbonyl (C=O) groups is 3. The molecule has 10 nitrogen and oxygen atoms in total. The van der Waals surface area contributed by atoms with Crippen LogP contribution in [0.3, 0.4) is 0 Å². The lowest BCUT2D eigenvalue weighted by Crippen LogP contribution is -2.48. The third-order valence-electron chi connectivity index (χ3n) is 2.60. The van der Waals surface area contributed by atoms with Crippen LogP contribution in [-0.4, -0.2) is 47.5 Å². The van der Waals surface area contributed by atoms with Gasteiger partial charge >= 0.3 is 5.97 Å². The van der Waals surface area contributed by atoms with E-state index in [1.165, 1.54) is 0 Å². The number of nitrogens with one attached hydrogen (secondary N) is 1. The summed E-state index contributed by atoms with van der Waals surface area (Å²) in [6, 6.07) is -2.08. The van der Waals surface area contributed by atoms with Crippen molar-refractivity contribution in [3.63, 3.8) is 0 Å². The van der Waals surface area contributed by atoms with Gasteiger partial charge in [0.05, 0.1) is 6.04 Å². The average molecular weight is 339 g/mol. The van der Waals surface area contributed by atoms with Crippen molar-refractivity contribution in [3.05, 3.63) is 0 Å². The van der Waals surface area contributed by atoms with Gasteiger partial charge in [-0.15, -0.1) is 12.4 Å². The summed E-state index contributed by atoms with van der Waals surface area (Å²) in [5.74, 6) is -2.56. The SMILES string of the molecule is Cl.NC(=O)CC[C@H](NC(=O)[C@@H](N)CCCN=C(N)N)C(=O)O. The van der Waals surface area contributed by atoms with Gasteiger partial charge in [0.1, 0.15) is 6.04 Å². The van der Waals surface area contributed by atoms with Crippen LogP contribution in [-0.2, 0) is 14.4 Å². The molecule has 0 aromatic heterocycles. The Morgan fingerprint density at radius 3 is 2.18 bits per heavy atom. The maximum atomic E-state index is 11.7. The molecular formula is C11H23ClN6O4. The van der Waals surface area contributed by atoms with E-state index in [0.29, 0.717) is 19.4 Å². The summed E-state index contributed by atoms with van der Waals surface area (Å²) >= 11 is 0.